The number of nitrogens with zero attached hydrogens (tertiary/aromatic N) is 1. The lowest BCUT2D eigenvalue weighted by atomic mass is 9.99. The maximum atomic E-state index is 3.51. The van der Waals surface area contributed by atoms with Crippen LogP contribution in [0.1, 0.15) is 0 Å². The van der Waals surface area contributed by atoms with Crippen LogP contribution in [-0.2, 0) is 0 Å². The van der Waals surface area contributed by atoms with Gasteiger partial charge < -0.3 is 4.57 Å². The van der Waals surface area contributed by atoms with Gasteiger partial charge in [0.25, 0.3) is 0 Å². The molecule has 1 heterocycles. The number of hydrogen-bond acceptors (Lipinski definition) is 0. The van der Waals surface area contributed by atoms with E-state index in [1.54, 1.807) is 0 Å². The molecule has 0 saturated carbocycles. The number of para-hydroxylation sites is 2. The zero-order valence-electron chi connectivity index (χ0n) is 17.4. The normalized spacial score (nSPS) is 11.3. The molecular formula is C30H20BrN. The third-order valence-corrected chi connectivity index (χ3v) is 6.61. The van der Waals surface area contributed by atoms with E-state index in [2.05, 4.69) is 142 Å². The second-order valence-electron chi connectivity index (χ2n) is 8.00. The molecule has 5 aromatic carbocycles. The summed E-state index contributed by atoms with van der Waals surface area (Å²) >= 11 is 3.51. The van der Waals surface area contributed by atoms with Gasteiger partial charge in [-0.1, -0.05) is 94.8 Å². The third kappa shape index (κ3) is 3.24. The van der Waals surface area contributed by atoms with Crippen molar-refractivity contribution in [3.63, 3.8) is 0 Å². The van der Waals surface area contributed by atoms with Crippen molar-refractivity contribution in [2.24, 2.45) is 0 Å². The fourth-order valence-corrected chi connectivity index (χ4v) is 4.77. The topological polar surface area (TPSA) is 4.93 Å². The molecule has 32 heavy (non-hydrogen) atoms. The number of hydrogen-bond donors (Lipinski definition) is 0. The highest BCUT2D eigenvalue weighted by Crippen LogP contribution is 2.35. The molecule has 0 atom stereocenters. The van der Waals surface area contributed by atoms with E-state index in [1.165, 1.54) is 49.7 Å². The van der Waals surface area contributed by atoms with Crippen molar-refractivity contribution in [2.75, 3.05) is 0 Å². The molecule has 0 radical (unpaired) electrons. The number of aromatic nitrogens is 1. The summed E-state index contributed by atoms with van der Waals surface area (Å²) in [7, 11) is 0. The minimum Gasteiger partial charge on any atom is -0.309 e. The second kappa shape index (κ2) is 7.81. The Bertz CT molecular complexity index is 1540. The highest BCUT2D eigenvalue weighted by atomic mass is 79.9. The van der Waals surface area contributed by atoms with E-state index in [0.29, 0.717) is 0 Å². The summed E-state index contributed by atoms with van der Waals surface area (Å²) in [5.41, 5.74) is 8.55. The lowest BCUT2D eigenvalue weighted by molar-refractivity contribution is 1.18. The molecule has 0 amide bonds. The molecule has 2 heteroatoms. The number of benzene rings is 5. The molecular weight excluding hydrogens is 454 g/mol. The molecule has 152 valence electrons. The fraction of sp³-hybridized carbons (Fsp3) is 0. The van der Waals surface area contributed by atoms with E-state index >= 15 is 0 Å². The molecule has 0 aliphatic heterocycles. The Kier molecular flexibility index (Phi) is 4.66. The summed E-state index contributed by atoms with van der Waals surface area (Å²) in [6, 6.07) is 43.3. The summed E-state index contributed by atoms with van der Waals surface area (Å²) in [4.78, 5) is 0. The summed E-state index contributed by atoms with van der Waals surface area (Å²) in [6.45, 7) is 0. The summed E-state index contributed by atoms with van der Waals surface area (Å²) < 4.78 is 3.45. The SMILES string of the molecule is Brc1ccc(-c2ccc(-c3ccc4c(c3)c3ccccc3n4-c3ccccc3)cc2)cc1. The van der Waals surface area contributed by atoms with Gasteiger partial charge in [-0.15, -0.1) is 0 Å². The number of halogens is 1. The molecule has 0 fully saturated rings. The van der Waals surface area contributed by atoms with Gasteiger partial charge in [-0.3, -0.25) is 0 Å². The van der Waals surface area contributed by atoms with Crippen LogP contribution in [0.4, 0.5) is 0 Å². The van der Waals surface area contributed by atoms with Crippen LogP contribution in [0.2, 0.25) is 0 Å². The zero-order valence-corrected chi connectivity index (χ0v) is 19.0. The van der Waals surface area contributed by atoms with Gasteiger partial charge in [0.2, 0.25) is 0 Å². The van der Waals surface area contributed by atoms with Crippen LogP contribution in [0.5, 0.6) is 0 Å². The average molecular weight is 474 g/mol. The monoisotopic (exact) mass is 473 g/mol. The van der Waals surface area contributed by atoms with E-state index in [4.69, 9.17) is 0 Å². The Morgan fingerprint density at radius 2 is 0.969 bits per heavy atom. The van der Waals surface area contributed by atoms with E-state index in [1.807, 2.05) is 0 Å². The maximum Gasteiger partial charge on any atom is 0.0541 e. The van der Waals surface area contributed by atoms with Crippen LogP contribution in [0.15, 0.2) is 126 Å². The van der Waals surface area contributed by atoms with Crippen molar-refractivity contribution in [1.82, 2.24) is 4.57 Å². The third-order valence-electron chi connectivity index (χ3n) is 6.08. The zero-order chi connectivity index (χ0) is 21.5. The standard InChI is InChI=1S/C30H20BrN/c31-25-17-14-22(15-18-25)21-10-12-23(13-11-21)24-16-19-30-28(20-24)27-8-4-5-9-29(27)32(30)26-6-2-1-3-7-26/h1-20H. The van der Waals surface area contributed by atoms with Crippen LogP contribution in [0.3, 0.4) is 0 Å². The van der Waals surface area contributed by atoms with Crippen molar-refractivity contribution in [1.29, 1.82) is 0 Å². The molecule has 6 aromatic rings. The Morgan fingerprint density at radius 3 is 1.69 bits per heavy atom. The van der Waals surface area contributed by atoms with Crippen molar-refractivity contribution in [2.45, 2.75) is 0 Å². The molecule has 0 bridgehead atoms. The van der Waals surface area contributed by atoms with E-state index in [9.17, 15) is 0 Å². The van der Waals surface area contributed by atoms with Gasteiger partial charge in [0.1, 0.15) is 0 Å². The van der Waals surface area contributed by atoms with E-state index in [-0.39, 0.29) is 0 Å². The van der Waals surface area contributed by atoms with Crippen molar-refractivity contribution >= 4 is 37.7 Å². The first-order valence-corrected chi connectivity index (χ1v) is 11.5. The van der Waals surface area contributed by atoms with Gasteiger partial charge in [-0.25, -0.2) is 0 Å². The van der Waals surface area contributed by atoms with E-state index < -0.39 is 0 Å². The molecule has 0 unspecified atom stereocenters. The predicted molar refractivity (Wildman–Crippen MR) is 139 cm³/mol. The highest BCUT2D eigenvalue weighted by Gasteiger charge is 2.12. The predicted octanol–water partition coefficient (Wildman–Crippen LogP) is 8.88. The second-order valence-corrected chi connectivity index (χ2v) is 8.92. The highest BCUT2D eigenvalue weighted by molar-refractivity contribution is 9.10. The average Bonchev–Trinajstić information content (AvgIpc) is 3.19. The molecule has 0 aliphatic rings. The van der Waals surface area contributed by atoms with Crippen molar-refractivity contribution in [3.8, 4) is 27.9 Å². The lowest BCUT2D eigenvalue weighted by Gasteiger charge is -2.08. The van der Waals surface area contributed by atoms with Gasteiger partial charge in [0.15, 0.2) is 0 Å². The van der Waals surface area contributed by atoms with Gasteiger partial charge in [0, 0.05) is 20.9 Å². The molecule has 0 spiro atoms. The molecule has 1 nitrogen and oxygen atoms in total. The number of fused-ring (bicyclic) bond motifs is 3. The van der Waals surface area contributed by atoms with Gasteiger partial charge in [-0.2, -0.15) is 0 Å². The van der Waals surface area contributed by atoms with Gasteiger partial charge in [0.05, 0.1) is 11.0 Å². The van der Waals surface area contributed by atoms with Crippen LogP contribution in [0.25, 0.3) is 49.7 Å². The summed E-state index contributed by atoms with van der Waals surface area (Å²) in [6.07, 6.45) is 0. The van der Waals surface area contributed by atoms with E-state index in [0.717, 1.165) is 4.47 Å². The Morgan fingerprint density at radius 1 is 0.438 bits per heavy atom. The van der Waals surface area contributed by atoms with Crippen molar-refractivity contribution < 1.29 is 0 Å². The maximum absolute atomic E-state index is 3.51. The minimum absolute atomic E-state index is 1.10. The molecule has 0 N–H and O–H groups in total. The van der Waals surface area contributed by atoms with Gasteiger partial charge >= 0.3 is 0 Å². The van der Waals surface area contributed by atoms with Gasteiger partial charge in [-0.05, 0) is 64.7 Å². The molecule has 1 aromatic heterocycles. The quantitative estimate of drug-likeness (QED) is 0.241. The summed E-state index contributed by atoms with van der Waals surface area (Å²) in [5, 5.41) is 2.55. The first-order valence-electron chi connectivity index (χ1n) is 10.7. The molecule has 6 rings (SSSR count). The first kappa shape index (κ1) is 19.1. The van der Waals surface area contributed by atoms with Crippen molar-refractivity contribution in [3.05, 3.63) is 126 Å². The summed E-state index contributed by atoms with van der Waals surface area (Å²) in [5.74, 6) is 0. The number of rotatable bonds is 3. The first-order chi connectivity index (χ1) is 15.8. The fourth-order valence-electron chi connectivity index (χ4n) is 4.51. The minimum atomic E-state index is 1.10. The van der Waals surface area contributed by atoms with Crippen LogP contribution < -0.4 is 0 Å². The Balaban J connectivity index is 1.48. The Labute approximate surface area is 195 Å². The largest absolute Gasteiger partial charge is 0.309 e. The molecule has 0 aliphatic carbocycles. The smallest absolute Gasteiger partial charge is 0.0541 e. The van der Waals surface area contributed by atoms with Crippen LogP contribution in [0, 0.1) is 0 Å². The molecule has 0 saturated heterocycles. The van der Waals surface area contributed by atoms with Crippen LogP contribution >= 0.6 is 15.9 Å². The Hall–Kier alpha value is -3.62. The van der Waals surface area contributed by atoms with Crippen LogP contribution in [-0.4, -0.2) is 4.57 Å². The lowest BCUT2D eigenvalue weighted by Crippen LogP contribution is -1.92.